The zero-order chi connectivity index (χ0) is 18.2. The Balaban J connectivity index is 1.80. The van der Waals surface area contributed by atoms with Gasteiger partial charge in [-0.1, -0.05) is 6.92 Å². The maximum absolute atomic E-state index is 13.4. The largest absolute Gasteiger partial charge is 0.361 e. The molecule has 3 N–H and O–H groups in total. The number of aromatic amines is 1. The van der Waals surface area contributed by atoms with Crippen molar-refractivity contribution in [1.82, 2.24) is 20.5 Å². The van der Waals surface area contributed by atoms with E-state index in [2.05, 4.69) is 46.3 Å². The number of hydrogen-bond donors (Lipinski definition) is 3. The van der Waals surface area contributed by atoms with Crippen LogP contribution in [0.3, 0.4) is 0 Å². The van der Waals surface area contributed by atoms with Crippen molar-refractivity contribution >= 4 is 16.9 Å². The first-order valence-electron chi connectivity index (χ1n) is 8.99. The lowest BCUT2D eigenvalue weighted by Gasteiger charge is -2.25. The molecule has 138 valence electrons. The topological polar surface area (TPSA) is 55.4 Å². The molecule has 0 saturated carbocycles. The lowest BCUT2D eigenvalue weighted by Crippen LogP contribution is -2.43. The first kappa shape index (κ1) is 19.2. The number of rotatable bonds is 8. The zero-order valence-corrected chi connectivity index (χ0v) is 15.7. The van der Waals surface area contributed by atoms with Crippen LogP contribution < -0.4 is 10.6 Å². The van der Waals surface area contributed by atoms with Crippen LogP contribution in [0.15, 0.2) is 29.4 Å². The minimum Gasteiger partial charge on any atom is -0.361 e. The second-order valence-electron chi connectivity index (χ2n) is 6.40. The van der Waals surface area contributed by atoms with Gasteiger partial charge >= 0.3 is 0 Å². The van der Waals surface area contributed by atoms with Crippen molar-refractivity contribution in [3.05, 3.63) is 35.8 Å². The van der Waals surface area contributed by atoms with E-state index in [0.29, 0.717) is 6.04 Å². The van der Waals surface area contributed by atoms with Crippen LogP contribution in [0.1, 0.15) is 26.3 Å². The van der Waals surface area contributed by atoms with Gasteiger partial charge in [-0.2, -0.15) is 0 Å². The summed E-state index contributed by atoms with van der Waals surface area (Å²) in [4.78, 5) is 9.85. The van der Waals surface area contributed by atoms with E-state index in [0.717, 1.165) is 55.0 Å². The molecule has 0 bridgehead atoms. The number of nitrogens with one attached hydrogen (secondary N) is 3. The van der Waals surface area contributed by atoms with Gasteiger partial charge in [0.25, 0.3) is 0 Å². The number of aromatic nitrogens is 1. The van der Waals surface area contributed by atoms with Crippen LogP contribution in [-0.2, 0) is 6.42 Å². The van der Waals surface area contributed by atoms with E-state index in [1.54, 1.807) is 19.2 Å². The fourth-order valence-electron chi connectivity index (χ4n) is 2.99. The summed E-state index contributed by atoms with van der Waals surface area (Å²) in [7, 11) is 1.77. The Morgan fingerprint density at radius 1 is 1.28 bits per heavy atom. The molecule has 0 amide bonds. The minimum atomic E-state index is -0.204. The molecule has 0 unspecified atom stereocenters. The molecule has 6 heteroatoms. The molecule has 2 aromatic rings. The van der Waals surface area contributed by atoms with E-state index in [9.17, 15) is 4.39 Å². The Hall–Kier alpha value is -2.08. The molecule has 0 radical (unpaired) electrons. The molecule has 1 heterocycles. The average molecular weight is 347 g/mol. The van der Waals surface area contributed by atoms with Crippen molar-refractivity contribution < 1.29 is 4.39 Å². The van der Waals surface area contributed by atoms with Crippen LogP contribution in [0, 0.1) is 5.82 Å². The molecule has 1 aromatic heterocycles. The monoisotopic (exact) mass is 347 g/mol. The minimum absolute atomic E-state index is 0.204. The number of aliphatic imine (C=N–C) groups is 1. The van der Waals surface area contributed by atoms with Crippen LogP contribution in [-0.4, -0.2) is 55.1 Å². The van der Waals surface area contributed by atoms with Gasteiger partial charge in [-0.05, 0) is 50.6 Å². The summed E-state index contributed by atoms with van der Waals surface area (Å²) < 4.78 is 13.4. The fourth-order valence-corrected chi connectivity index (χ4v) is 2.99. The van der Waals surface area contributed by atoms with Crippen molar-refractivity contribution in [3.63, 3.8) is 0 Å². The molecule has 0 aliphatic heterocycles. The predicted molar refractivity (Wildman–Crippen MR) is 104 cm³/mol. The van der Waals surface area contributed by atoms with E-state index in [4.69, 9.17) is 0 Å². The predicted octanol–water partition coefficient (Wildman–Crippen LogP) is 2.74. The Morgan fingerprint density at radius 2 is 2.04 bits per heavy atom. The first-order chi connectivity index (χ1) is 12.0. The zero-order valence-electron chi connectivity index (χ0n) is 15.7. The quantitative estimate of drug-likeness (QED) is 0.508. The summed E-state index contributed by atoms with van der Waals surface area (Å²) >= 11 is 0. The van der Waals surface area contributed by atoms with E-state index < -0.39 is 0 Å². The molecule has 0 aliphatic carbocycles. The number of halogens is 1. The molecule has 25 heavy (non-hydrogen) atoms. The molecular weight excluding hydrogens is 317 g/mol. The van der Waals surface area contributed by atoms with E-state index in [1.807, 2.05) is 6.20 Å². The van der Waals surface area contributed by atoms with E-state index >= 15 is 0 Å². The van der Waals surface area contributed by atoms with Gasteiger partial charge in [-0.25, -0.2) is 4.39 Å². The van der Waals surface area contributed by atoms with E-state index in [1.165, 1.54) is 6.07 Å². The van der Waals surface area contributed by atoms with Crippen molar-refractivity contribution in [2.24, 2.45) is 4.99 Å². The maximum Gasteiger partial charge on any atom is 0.191 e. The summed E-state index contributed by atoms with van der Waals surface area (Å²) in [6.45, 7) is 10.2. The molecule has 0 aliphatic rings. The SMILES string of the molecule is CCN(CCNC(=NC)NCCc1c[nH]c2ccc(F)cc12)C(C)C. The second-order valence-corrected chi connectivity index (χ2v) is 6.40. The normalized spacial score (nSPS) is 12.4. The summed E-state index contributed by atoms with van der Waals surface area (Å²) in [6.07, 6.45) is 2.75. The van der Waals surface area contributed by atoms with Gasteiger partial charge in [0, 0.05) is 49.8 Å². The summed E-state index contributed by atoms with van der Waals surface area (Å²) in [6, 6.07) is 5.38. The number of benzene rings is 1. The highest BCUT2D eigenvalue weighted by Gasteiger charge is 2.07. The summed E-state index contributed by atoms with van der Waals surface area (Å²) in [5.41, 5.74) is 2.07. The van der Waals surface area contributed by atoms with Crippen LogP contribution in [0.25, 0.3) is 10.9 Å². The van der Waals surface area contributed by atoms with Crippen molar-refractivity contribution in [2.45, 2.75) is 33.2 Å². The Labute approximate surface area is 149 Å². The molecule has 0 atom stereocenters. The van der Waals surface area contributed by atoms with Gasteiger partial charge in [0.1, 0.15) is 5.82 Å². The number of likely N-dealkylation sites (N-methyl/N-ethyl adjacent to an activating group) is 1. The number of hydrogen-bond acceptors (Lipinski definition) is 2. The number of nitrogens with zero attached hydrogens (tertiary/aromatic N) is 2. The summed E-state index contributed by atoms with van der Waals surface area (Å²) in [5, 5.41) is 7.61. The number of fused-ring (bicyclic) bond motifs is 1. The number of H-pyrrole nitrogens is 1. The second kappa shape index (κ2) is 9.42. The molecular formula is C19H30FN5. The number of guanidine groups is 1. The van der Waals surface area contributed by atoms with Gasteiger partial charge in [0.2, 0.25) is 0 Å². The van der Waals surface area contributed by atoms with Gasteiger partial charge in [-0.3, -0.25) is 9.89 Å². The van der Waals surface area contributed by atoms with Crippen LogP contribution in [0.4, 0.5) is 4.39 Å². The van der Waals surface area contributed by atoms with Crippen LogP contribution >= 0.6 is 0 Å². The molecule has 1 aromatic carbocycles. The van der Waals surface area contributed by atoms with Gasteiger partial charge < -0.3 is 15.6 Å². The van der Waals surface area contributed by atoms with Gasteiger partial charge in [0.05, 0.1) is 0 Å². The lowest BCUT2D eigenvalue weighted by molar-refractivity contribution is 0.237. The van der Waals surface area contributed by atoms with Gasteiger partial charge in [0.15, 0.2) is 5.96 Å². The fraction of sp³-hybridized carbons (Fsp3) is 0.526. The van der Waals surface area contributed by atoms with Crippen LogP contribution in [0.2, 0.25) is 0 Å². The summed E-state index contributed by atoms with van der Waals surface area (Å²) in [5.74, 6) is 0.593. The standard InChI is InChI=1S/C19H30FN5/c1-5-25(14(2)3)11-10-23-19(21-4)22-9-8-15-13-24-18-7-6-16(20)12-17(15)18/h6-7,12-14,24H,5,8-11H2,1-4H3,(H2,21,22,23). The lowest BCUT2D eigenvalue weighted by atomic mass is 10.1. The first-order valence-corrected chi connectivity index (χ1v) is 8.99. The van der Waals surface area contributed by atoms with E-state index in [-0.39, 0.29) is 5.82 Å². The highest BCUT2D eigenvalue weighted by molar-refractivity contribution is 5.83. The molecule has 0 saturated heterocycles. The molecule has 0 spiro atoms. The maximum atomic E-state index is 13.4. The smallest absolute Gasteiger partial charge is 0.191 e. The Kier molecular flexibility index (Phi) is 7.25. The Morgan fingerprint density at radius 3 is 2.72 bits per heavy atom. The van der Waals surface area contributed by atoms with Crippen molar-refractivity contribution in [3.8, 4) is 0 Å². The van der Waals surface area contributed by atoms with Crippen molar-refractivity contribution in [1.29, 1.82) is 0 Å². The van der Waals surface area contributed by atoms with Crippen LogP contribution in [0.5, 0.6) is 0 Å². The Bertz CT molecular complexity index is 692. The van der Waals surface area contributed by atoms with Crippen molar-refractivity contribution in [2.75, 3.05) is 33.2 Å². The molecule has 0 fully saturated rings. The highest BCUT2D eigenvalue weighted by atomic mass is 19.1. The molecule has 2 rings (SSSR count). The molecule has 5 nitrogen and oxygen atoms in total. The average Bonchev–Trinajstić information content (AvgIpc) is 2.99. The third-order valence-electron chi connectivity index (χ3n) is 4.47. The highest BCUT2D eigenvalue weighted by Crippen LogP contribution is 2.19. The third-order valence-corrected chi connectivity index (χ3v) is 4.47. The third kappa shape index (κ3) is 5.46. The van der Waals surface area contributed by atoms with Gasteiger partial charge in [-0.15, -0.1) is 0 Å².